The molecular weight excluding hydrogens is 1070 g/mol. The lowest BCUT2D eigenvalue weighted by molar-refractivity contribution is -0.870. The van der Waals surface area contributed by atoms with Gasteiger partial charge in [-0.1, -0.05) is 321 Å². The van der Waals surface area contributed by atoms with E-state index < -0.39 is 20.0 Å². The fraction of sp³-hybridized carbons (Fsp3) is 0.893. The maximum absolute atomic E-state index is 13.6. The Bertz CT molecular complexity index is 1550. The maximum atomic E-state index is 13.6. The second-order valence-electron chi connectivity index (χ2n) is 26.8. The standard InChI is InChI=1S/C75H145N2O7P/c1-7-10-13-16-19-22-25-27-29-31-33-35-37-38-40-42-44-46-48-50-53-56-59-62-65-68-75(79)84-73(66-63-60-57-54-51-24-21-18-15-12-9-3)72(71-83-85(80,81)82-70-69-77(4,5)6)76-74(78)67-64-61-58-55-52-49-47-45-43-41-39-36-34-32-30-28-26-23-20-17-14-11-8-2/h27-30,63,66,72-73H,7-26,31-62,64-65,67-71H2,1-6H3,(H-,76,78,80,81)/p+1/b29-27+,30-28+,66-63+. The fourth-order valence-corrected chi connectivity index (χ4v) is 12.0. The minimum atomic E-state index is -4.45. The molecule has 0 aromatic rings. The highest BCUT2D eigenvalue weighted by Crippen LogP contribution is 2.43. The van der Waals surface area contributed by atoms with E-state index >= 15 is 0 Å². The molecule has 0 aromatic carbocycles. The number of carbonyl (C=O) groups is 2. The second kappa shape index (κ2) is 65.2. The van der Waals surface area contributed by atoms with E-state index in [4.69, 9.17) is 13.8 Å². The topological polar surface area (TPSA) is 111 Å². The number of quaternary nitrogens is 1. The number of unbranched alkanes of at least 4 members (excludes halogenated alkanes) is 49. The Morgan fingerprint density at radius 2 is 0.682 bits per heavy atom. The molecule has 3 atom stereocenters. The monoisotopic (exact) mass is 1220 g/mol. The zero-order valence-electron chi connectivity index (χ0n) is 57.6. The van der Waals surface area contributed by atoms with Crippen LogP contribution in [-0.4, -0.2) is 74.3 Å². The van der Waals surface area contributed by atoms with Crippen molar-refractivity contribution in [1.82, 2.24) is 5.32 Å². The van der Waals surface area contributed by atoms with E-state index in [9.17, 15) is 19.0 Å². The summed E-state index contributed by atoms with van der Waals surface area (Å²) in [5.74, 6) is -0.485. The molecule has 0 radical (unpaired) electrons. The van der Waals surface area contributed by atoms with Gasteiger partial charge in [-0.2, -0.15) is 0 Å². The molecule has 9 nitrogen and oxygen atoms in total. The Hall–Kier alpha value is -1.77. The van der Waals surface area contributed by atoms with Gasteiger partial charge in [0.25, 0.3) is 0 Å². The van der Waals surface area contributed by atoms with E-state index in [1.165, 1.54) is 289 Å². The number of esters is 1. The fourth-order valence-electron chi connectivity index (χ4n) is 11.3. The van der Waals surface area contributed by atoms with Gasteiger partial charge in [-0.25, -0.2) is 4.57 Å². The molecule has 0 fully saturated rings. The van der Waals surface area contributed by atoms with Crippen LogP contribution in [0.1, 0.15) is 380 Å². The van der Waals surface area contributed by atoms with Gasteiger partial charge in [0.1, 0.15) is 19.3 Å². The van der Waals surface area contributed by atoms with Gasteiger partial charge in [0.15, 0.2) is 0 Å². The third-order valence-electron chi connectivity index (χ3n) is 17.1. The van der Waals surface area contributed by atoms with Crippen LogP contribution in [0.2, 0.25) is 0 Å². The number of hydrogen-bond acceptors (Lipinski definition) is 6. The van der Waals surface area contributed by atoms with Crippen molar-refractivity contribution < 1.29 is 37.3 Å². The summed E-state index contributed by atoms with van der Waals surface area (Å²) in [6, 6.07) is -0.845. The predicted octanol–water partition coefficient (Wildman–Crippen LogP) is 23.8. The van der Waals surface area contributed by atoms with Crippen molar-refractivity contribution in [3.05, 3.63) is 36.5 Å². The van der Waals surface area contributed by atoms with Crippen molar-refractivity contribution in [2.45, 2.75) is 392 Å². The van der Waals surface area contributed by atoms with Gasteiger partial charge < -0.3 is 19.4 Å². The van der Waals surface area contributed by atoms with Gasteiger partial charge in [0.2, 0.25) is 5.91 Å². The Kier molecular flexibility index (Phi) is 63.8. The number of carbonyl (C=O) groups excluding carboxylic acids is 2. The quantitative estimate of drug-likeness (QED) is 0.0205. The molecule has 0 saturated carbocycles. The zero-order chi connectivity index (χ0) is 62.1. The summed E-state index contributed by atoms with van der Waals surface area (Å²) >= 11 is 0. The number of nitrogens with zero attached hydrogens (tertiary/aromatic N) is 1. The van der Waals surface area contributed by atoms with Crippen LogP contribution in [0.15, 0.2) is 36.5 Å². The number of rotatable bonds is 69. The first kappa shape index (κ1) is 83.2. The average Bonchev–Trinajstić information content (AvgIpc) is 3.58. The molecule has 0 rings (SSSR count). The van der Waals surface area contributed by atoms with Crippen LogP contribution in [0.3, 0.4) is 0 Å². The predicted molar refractivity (Wildman–Crippen MR) is 369 cm³/mol. The third kappa shape index (κ3) is 66.5. The second-order valence-corrected chi connectivity index (χ2v) is 28.3. The van der Waals surface area contributed by atoms with Crippen LogP contribution in [0, 0.1) is 0 Å². The van der Waals surface area contributed by atoms with E-state index in [1.54, 1.807) is 0 Å². The summed E-state index contributed by atoms with van der Waals surface area (Å²) < 4.78 is 30.9. The maximum Gasteiger partial charge on any atom is 0.472 e. The molecule has 3 unspecified atom stereocenters. The Labute approximate surface area is 529 Å². The van der Waals surface area contributed by atoms with Crippen molar-refractivity contribution in [3.8, 4) is 0 Å². The molecule has 0 aliphatic carbocycles. The van der Waals surface area contributed by atoms with Crippen LogP contribution in [0.25, 0.3) is 0 Å². The summed E-state index contributed by atoms with van der Waals surface area (Å²) in [5, 5.41) is 3.08. The average molecular weight is 1220 g/mol. The first-order valence-electron chi connectivity index (χ1n) is 37.3. The highest BCUT2D eigenvalue weighted by molar-refractivity contribution is 7.47. The summed E-state index contributed by atoms with van der Waals surface area (Å²) in [7, 11) is 1.51. The number of hydrogen-bond donors (Lipinski definition) is 2. The van der Waals surface area contributed by atoms with Crippen LogP contribution in [-0.2, 0) is 27.9 Å². The summed E-state index contributed by atoms with van der Waals surface area (Å²) in [4.78, 5) is 37.9. The lowest BCUT2D eigenvalue weighted by Gasteiger charge is -2.27. The smallest absolute Gasteiger partial charge is 0.456 e. The number of nitrogens with one attached hydrogen (secondary N) is 1. The molecule has 0 aromatic heterocycles. The number of amides is 1. The van der Waals surface area contributed by atoms with Gasteiger partial charge in [0, 0.05) is 12.8 Å². The summed E-state index contributed by atoms with van der Waals surface area (Å²) in [5.41, 5.74) is 0. The number of ether oxygens (including phenoxy) is 1. The molecule has 0 heterocycles. The Morgan fingerprint density at radius 3 is 1.00 bits per heavy atom. The first-order chi connectivity index (χ1) is 41.4. The van der Waals surface area contributed by atoms with E-state index in [0.717, 1.165) is 57.8 Å². The summed E-state index contributed by atoms with van der Waals surface area (Å²) in [6.45, 7) is 7.06. The molecular formula is C75H146N2O7P+. The molecule has 10 heteroatoms. The molecule has 85 heavy (non-hydrogen) atoms. The minimum Gasteiger partial charge on any atom is -0.456 e. The minimum absolute atomic E-state index is 0.0431. The van der Waals surface area contributed by atoms with Gasteiger partial charge >= 0.3 is 13.8 Å². The molecule has 0 spiro atoms. The van der Waals surface area contributed by atoms with Crippen LogP contribution in [0.4, 0.5) is 0 Å². The van der Waals surface area contributed by atoms with Gasteiger partial charge in [-0.05, 0) is 83.1 Å². The van der Waals surface area contributed by atoms with Crippen molar-refractivity contribution in [2.75, 3.05) is 40.9 Å². The van der Waals surface area contributed by atoms with Crippen LogP contribution < -0.4 is 5.32 Å². The molecule has 502 valence electrons. The molecule has 1 amide bonds. The van der Waals surface area contributed by atoms with Gasteiger partial charge in [-0.15, -0.1) is 0 Å². The SMILES string of the molecule is CCCCCCCC/C=C/CCCCCCCCCCCCCCCCCC(=O)OC(/C=C/CCCCCCCCCCC)C(COP(=O)(O)OCC[N+](C)(C)C)NC(=O)CCCCCCCCCCCCCCC/C=C/CCCCCCCC. The van der Waals surface area contributed by atoms with Crippen LogP contribution >= 0.6 is 7.82 Å². The van der Waals surface area contributed by atoms with Crippen molar-refractivity contribution in [1.29, 1.82) is 0 Å². The van der Waals surface area contributed by atoms with Gasteiger partial charge in [0.05, 0.1) is 33.8 Å². The Balaban J connectivity index is 4.94. The highest BCUT2D eigenvalue weighted by atomic mass is 31.2. The van der Waals surface area contributed by atoms with E-state index in [1.807, 2.05) is 33.3 Å². The van der Waals surface area contributed by atoms with Gasteiger partial charge in [-0.3, -0.25) is 18.6 Å². The first-order valence-corrected chi connectivity index (χ1v) is 38.8. The van der Waals surface area contributed by atoms with E-state index in [-0.39, 0.29) is 25.1 Å². The van der Waals surface area contributed by atoms with E-state index in [2.05, 4.69) is 50.4 Å². The number of phosphoric ester groups is 1. The lowest BCUT2D eigenvalue weighted by Crippen LogP contribution is -2.47. The normalized spacial score (nSPS) is 13.6. The number of likely N-dealkylation sites (N-methyl/N-ethyl adjacent to an activating group) is 1. The molecule has 2 N–H and O–H groups in total. The Morgan fingerprint density at radius 1 is 0.400 bits per heavy atom. The van der Waals surface area contributed by atoms with Crippen molar-refractivity contribution >= 4 is 19.7 Å². The van der Waals surface area contributed by atoms with Crippen molar-refractivity contribution in [2.24, 2.45) is 0 Å². The van der Waals surface area contributed by atoms with Crippen LogP contribution in [0.5, 0.6) is 0 Å². The number of allylic oxidation sites excluding steroid dienone is 5. The lowest BCUT2D eigenvalue weighted by atomic mass is 10.0. The van der Waals surface area contributed by atoms with Crippen molar-refractivity contribution in [3.63, 3.8) is 0 Å². The largest absolute Gasteiger partial charge is 0.472 e. The van der Waals surface area contributed by atoms with E-state index in [0.29, 0.717) is 23.9 Å². The molecule has 0 aliphatic heterocycles. The third-order valence-corrected chi connectivity index (χ3v) is 18.0. The molecule has 0 saturated heterocycles. The highest BCUT2D eigenvalue weighted by Gasteiger charge is 2.30. The summed E-state index contributed by atoms with van der Waals surface area (Å²) in [6.07, 6.45) is 81.7. The zero-order valence-corrected chi connectivity index (χ0v) is 58.5. The number of phosphoric acid groups is 1. The molecule has 0 aliphatic rings. The molecule has 0 bridgehead atoms.